The van der Waals surface area contributed by atoms with Gasteiger partial charge in [0.2, 0.25) is 5.75 Å². The quantitative estimate of drug-likeness (QED) is 0.309. The standard InChI is InChI=1S/C25H27N5O6S/c1-15-10-18(12-17-13-21(33-3)24(35-5)22(14-17)34-4)25(28-27-15)26-19-6-8-20(9-7-19)37(31,32)30-23-11-16(2)36-29-23/h6-11,13-14H,12H2,1-5H3,(H,26,28)(H,29,30). The highest BCUT2D eigenvalue weighted by molar-refractivity contribution is 7.92. The smallest absolute Gasteiger partial charge is 0.263 e. The molecule has 0 aliphatic rings. The van der Waals surface area contributed by atoms with Gasteiger partial charge in [0.15, 0.2) is 23.1 Å². The van der Waals surface area contributed by atoms with E-state index in [-0.39, 0.29) is 10.7 Å². The first kappa shape index (κ1) is 25.8. The molecule has 0 fully saturated rings. The molecule has 4 rings (SSSR count). The van der Waals surface area contributed by atoms with E-state index in [2.05, 4.69) is 25.4 Å². The summed E-state index contributed by atoms with van der Waals surface area (Å²) in [5.41, 5.74) is 3.19. The normalized spacial score (nSPS) is 11.2. The molecule has 0 radical (unpaired) electrons. The number of hydrogen-bond donors (Lipinski definition) is 2. The van der Waals surface area contributed by atoms with Crippen LogP contribution in [0.4, 0.5) is 17.3 Å². The zero-order valence-corrected chi connectivity index (χ0v) is 21.8. The van der Waals surface area contributed by atoms with Gasteiger partial charge in [-0.2, -0.15) is 5.10 Å². The maximum atomic E-state index is 12.7. The molecule has 0 atom stereocenters. The first-order valence-corrected chi connectivity index (χ1v) is 12.7. The lowest BCUT2D eigenvalue weighted by Gasteiger charge is -2.15. The lowest BCUT2D eigenvalue weighted by atomic mass is 10.0. The Morgan fingerprint density at radius 3 is 2.14 bits per heavy atom. The fourth-order valence-electron chi connectivity index (χ4n) is 3.71. The number of rotatable bonds is 10. The highest BCUT2D eigenvalue weighted by Gasteiger charge is 2.18. The molecule has 0 saturated carbocycles. The van der Waals surface area contributed by atoms with Crippen molar-refractivity contribution in [1.82, 2.24) is 15.4 Å². The van der Waals surface area contributed by atoms with Crippen LogP contribution in [-0.4, -0.2) is 45.1 Å². The average Bonchev–Trinajstić information content (AvgIpc) is 3.28. The molecular weight excluding hydrogens is 498 g/mol. The highest BCUT2D eigenvalue weighted by atomic mass is 32.2. The minimum Gasteiger partial charge on any atom is -0.493 e. The predicted octanol–water partition coefficient (Wildman–Crippen LogP) is 4.24. The largest absolute Gasteiger partial charge is 0.493 e. The second-order valence-electron chi connectivity index (χ2n) is 8.15. The summed E-state index contributed by atoms with van der Waals surface area (Å²) < 4.78 is 49.0. The summed E-state index contributed by atoms with van der Waals surface area (Å²) in [5, 5.41) is 15.4. The number of hydrogen-bond acceptors (Lipinski definition) is 10. The lowest BCUT2D eigenvalue weighted by Crippen LogP contribution is -2.13. The van der Waals surface area contributed by atoms with Crippen molar-refractivity contribution in [2.45, 2.75) is 25.2 Å². The molecule has 2 N–H and O–H groups in total. The van der Waals surface area contributed by atoms with Crippen LogP contribution in [0.15, 0.2) is 57.9 Å². The van der Waals surface area contributed by atoms with Crippen molar-refractivity contribution in [3.8, 4) is 17.2 Å². The van der Waals surface area contributed by atoms with E-state index in [1.165, 1.54) is 18.2 Å². The van der Waals surface area contributed by atoms with E-state index in [0.717, 1.165) is 16.8 Å². The molecule has 4 aromatic rings. The summed E-state index contributed by atoms with van der Waals surface area (Å²) in [7, 11) is 0.866. The molecule has 194 valence electrons. The maximum Gasteiger partial charge on any atom is 0.263 e. The van der Waals surface area contributed by atoms with E-state index in [1.54, 1.807) is 40.4 Å². The summed E-state index contributed by atoms with van der Waals surface area (Å²) in [6, 6.07) is 13.4. The number of sulfonamides is 1. The predicted molar refractivity (Wildman–Crippen MR) is 137 cm³/mol. The van der Waals surface area contributed by atoms with Gasteiger partial charge in [-0.05, 0) is 61.9 Å². The minimum absolute atomic E-state index is 0.0753. The third-order valence-corrected chi connectivity index (χ3v) is 6.78. The van der Waals surface area contributed by atoms with Crippen LogP contribution in [-0.2, 0) is 16.4 Å². The van der Waals surface area contributed by atoms with E-state index in [9.17, 15) is 8.42 Å². The molecule has 11 nitrogen and oxygen atoms in total. The van der Waals surface area contributed by atoms with Gasteiger partial charge < -0.3 is 24.1 Å². The van der Waals surface area contributed by atoms with Crippen molar-refractivity contribution in [3.05, 3.63) is 71.1 Å². The van der Waals surface area contributed by atoms with E-state index < -0.39 is 10.0 Å². The summed E-state index contributed by atoms with van der Waals surface area (Å²) in [5.74, 6) is 2.77. The number of nitrogens with zero attached hydrogens (tertiary/aromatic N) is 3. The monoisotopic (exact) mass is 525 g/mol. The van der Waals surface area contributed by atoms with Gasteiger partial charge in [-0.3, -0.25) is 4.72 Å². The Hall–Kier alpha value is -4.32. The average molecular weight is 526 g/mol. The molecule has 0 spiro atoms. The van der Waals surface area contributed by atoms with E-state index in [4.69, 9.17) is 18.7 Å². The summed E-state index contributed by atoms with van der Waals surface area (Å²) in [6.07, 6.45) is 0.503. The number of ether oxygens (including phenoxy) is 3. The van der Waals surface area contributed by atoms with Gasteiger partial charge in [-0.1, -0.05) is 5.16 Å². The minimum atomic E-state index is -3.83. The Balaban J connectivity index is 1.57. The zero-order chi connectivity index (χ0) is 26.6. The second-order valence-corrected chi connectivity index (χ2v) is 9.83. The van der Waals surface area contributed by atoms with E-state index >= 15 is 0 Å². The van der Waals surface area contributed by atoms with Gasteiger partial charge in [0.1, 0.15) is 5.76 Å². The second kappa shape index (κ2) is 10.7. The van der Waals surface area contributed by atoms with Crippen LogP contribution >= 0.6 is 0 Å². The number of aryl methyl sites for hydroxylation is 2. The van der Waals surface area contributed by atoms with Crippen molar-refractivity contribution in [2.75, 3.05) is 31.4 Å². The maximum absolute atomic E-state index is 12.7. The van der Waals surface area contributed by atoms with Crippen molar-refractivity contribution in [1.29, 1.82) is 0 Å². The molecule has 0 amide bonds. The number of methoxy groups -OCH3 is 3. The molecule has 0 aliphatic carbocycles. The van der Waals surface area contributed by atoms with Gasteiger partial charge in [0, 0.05) is 23.7 Å². The summed E-state index contributed by atoms with van der Waals surface area (Å²) in [4.78, 5) is 0.0753. The first-order chi connectivity index (χ1) is 17.7. The third kappa shape index (κ3) is 5.92. The molecule has 2 heterocycles. The molecule has 2 aromatic heterocycles. The Kier molecular flexibility index (Phi) is 7.48. The van der Waals surface area contributed by atoms with Crippen LogP contribution in [0.5, 0.6) is 17.2 Å². The van der Waals surface area contributed by atoms with Crippen molar-refractivity contribution >= 4 is 27.3 Å². The fraction of sp³-hybridized carbons (Fsp3) is 0.240. The molecule has 0 saturated heterocycles. The topological polar surface area (TPSA) is 138 Å². The Bertz CT molecular complexity index is 1480. The van der Waals surface area contributed by atoms with Crippen LogP contribution in [0.1, 0.15) is 22.6 Å². The highest BCUT2D eigenvalue weighted by Crippen LogP contribution is 2.39. The van der Waals surface area contributed by atoms with Gasteiger partial charge in [-0.25, -0.2) is 8.42 Å². The third-order valence-electron chi connectivity index (χ3n) is 5.41. The van der Waals surface area contributed by atoms with Crippen LogP contribution in [0.25, 0.3) is 0 Å². The Morgan fingerprint density at radius 1 is 0.892 bits per heavy atom. The van der Waals surface area contributed by atoms with Crippen LogP contribution in [0.3, 0.4) is 0 Å². The van der Waals surface area contributed by atoms with E-state index in [0.29, 0.717) is 40.9 Å². The molecule has 0 unspecified atom stereocenters. The Morgan fingerprint density at radius 2 is 1.57 bits per heavy atom. The van der Waals surface area contributed by atoms with Crippen LogP contribution < -0.4 is 24.2 Å². The van der Waals surface area contributed by atoms with Crippen LogP contribution in [0, 0.1) is 13.8 Å². The zero-order valence-electron chi connectivity index (χ0n) is 21.0. The summed E-state index contributed by atoms with van der Waals surface area (Å²) >= 11 is 0. The SMILES string of the molecule is COc1cc(Cc2cc(C)nnc2Nc2ccc(S(=O)(=O)Nc3cc(C)on3)cc2)cc(OC)c1OC. The molecule has 12 heteroatoms. The van der Waals surface area contributed by atoms with Crippen molar-refractivity contribution in [3.63, 3.8) is 0 Å². The number of anilines is 3. The molecule has 37 heavy (non-hydrogen) atoms. The molecular formula is C25H27N5O6S. The van der Waals surface area contributed by atoms with Gasteiger partial charge >= 0.3 is 0 Å². The van der Waals surface area contributed by atoms with E-state index in [1.807, 2.05) is 25.1 Å². The number of aromatic nitrogens is 3. The summed E-state index contributed by atoms with van der Waals surface area (Å²) in [6.45, 7) is 3.54. The lowest BCUT2D eigenvalue weighted by molar-refractivity contribution is 0.324. The van der Waals surface area contributed by atoms with Gasteiger partial charge in [-0.15, -0.1) is 5.10 Å². The van der Waals surface area contributed by atoms with Gasteiger partial charge in [0.25, 0.3) is 10.0 Å². The van der Waals surface area contributed by atoms with Gasteiger partial charge in [0.05, 0.1) is 31.9 Å². The fourth-order valence-corrected chi connectivity index (χ4v) is 4.69. The first-order valence-electron chi connectivity index (χ1n) is 11.2. The van der Waals surface area contributed by atoms with Crippen molar-refractivity contribution < 1.29 is 27.2 Å². The van der Waals surface area contributed by atoms with Crippen molar-refractivity contribution in [2.24, 2.45) is 0 Å². The Labute approximate surface area is 214 Å². The number of nitrogens with one attached hydrogen (secondary N) is 2. The molecule has 2 aromatic carbocycles. The molecule has 0 bridgehead atoms. The van der Waals surface area contributed by atoms with Crippen LogP contribution in [0.2, 0.25) is 0 Å². The molecule has 0 aliphatic heterocycles. The number of benzene rings is 2.